The molecule has 0 atom stereocenters. The van der Waals surface area contributed by atoms with Gasteiger partial charge in [-0.3, -0.25) is 0 Å². The summed E-state index contributed by atoms with van der Waals surface area (Å²) in [6.07, 6.45) is 0. The first-order valence-electron chi connectivity index (χ1n) is 7.46. The summed E-state index contributed by atoms with van der Waals surface area (Å²) in [6, 6.07) is 18.7. The van der Waals surface area contributed by atoms with E-state index in [0.717, 1.165) is 43.1 Å². The lowest BCUT2D eigenvalue weighted by atomic mass is 10.1. The summed E-state index contributed by atoms with van der Waals surface area (Å²) in [6.45, 7) is 4.08. The van der Waals surface area contributed by atoms with Gasteiger partial charge in [0.15, 0.2) is 5.76 Å². The molecule has 3 aromatic rings. The molecule has 3 heteroatoms. The molecule has 2 heterocycles. The maximum absolute atomic E-state index is 6.18. The second-order valence-electron chi connectivity index (χ2n) is 5.38. The van der Waals surface area contributed by atoms with Gasteiger partial charge in [-0.05, 0) is 12.1 Å². The Morgan fingerprint density at radius 2 is 1.57 bits per heavy atom. The highest BCUT2D eigenvalue weighted by Crippen LogP contribution is 2.40. The van der Waals surface area contributed by atoms with E-state index in [-0.39, 0.29) is 0 Å². The predicted molar refractivity (Wildman–Crippen MR) is 86.7 cm³/mol. The summed E-state index contributed by atoms with van der Waals surface area (Å²) in [4.78, 5) is 2.44. The number of para-hydroxylation sites is 1. The molecule has 0 radical (unpaired) electrons. The SMILES string of the molecule is c1ccc(-c2oc3ccccc3c2N2CCNCC2)cc1. The Bertz CT molecular complexity index is 742. The normalized spacial score (nSPS) is 15.5. The van der Waals surface area contributed by atoms with Crippen molar-refractivity contribution in [2.24, 2.45) is 0 Å². The van der Waals surface area contributed by atoms with Gasteiger partial charge >= 0.3 is 0 Å². The molecule has 1 saturated heterocycles. The third kappa shape index (κ3) is 2.20. The van der Waals surface area contributed by atoms with Crippen LogP contribution < -0.4 is 10.2 Å². The van der Waals surface area contributed by atoms with Crippen LogP contribution in [0.15, 0.2) is 59.0 Å². The van der Waals surface area contributed by atoms with Crippen molar-refractivity contribution in [3.05, 3.63) is 54.6 Å². The fourth-order valence-electron chi connectivity index (χ4n) is 3.02. The molecule has 0 amide bonds. The second kappa shape index (κ2) is 5.26. The van der Waals surface area contributed by atoms with Crippen LogP contribution in [-0.2, 0) is 0 Å². The highest BCUT2D eigenvalue weighted by Gasteiger charge is 2.22. The number of nitrogens with zero attached hydrogens (tertiary/aromatic N) is 1. The Labute approximate surface area is 124 Å². The van der Waals surface area contributed by atoms with Crippen molar-refractivity contribution < 1.29 is 4.42 Å². The summed E-state index contributed by atoms with van der Waals surface area (Å²) in [7, 11) is 0. The molecule has 1 fully saturated rings. The van der Waals surface area contributed by atoms with Gasteiger partial charge in [-0.25, -0.2) is 0 Å². The van der Waals surface area contributed by atoms with E-state index in [0.29, 0.717) is 0 Å². The molecular formula is C18H18N2O. The fraction of sp³-hybridized carbons (Fsp3) is 0.222. The van der Waals surface area contributed by atoms with Crippen LogP contribution in [0, 0.1) is 0 Å². The Morgan fingerprint density at radius 3 is 2.38 bits per heavy atom. The van der Waals surface area contributed by atoms with Crippen molar-refractivity contribution in [3.8, 4) is 11.3 Å². The maximum Gasteiger partial charge on any atom is 0.158 e. The van der Waals surface area contributed by atoms with Gasteiger partial charge in [-0.2, -0.15) is 0 Å². The summed E-state index contributed by atoms with van der Waals surface area (Å²) in [5, 5.41) is 4.62. The second-order valence-corrected chi connectivity index (χ2v) is 5.38. The van der Waals surface area contributed by atoms with Gasteiger partial charge in [0.1, 0.15) is 5.58 Å². The van der Waals surface area contributed by atoms with Crippen LogP contribution in [0.1, 0.15) is 0 Å². The molecule has 0 bridgehead atoms. The van der Waals surface area contributed by atoms with Crippen molar-refractivity contribution in [2.75, 3.05) is 31.1 Å². The number of fused-ring (bicyclic) bond motifs is 1. The van der Waals surface area contributed by atoms with Gasteiger partial charge < -0.3 is 14.6 Å². The quantitative estimate of drug-likeness (QED) is 0.777. The summed E-state index contributed by atoms with van der Waals surface area (Å²) < 4.78 is 6.18. The van der Waals surface area contributed by atoms with Crippen molar-refractivity contribution in [1.82, 2.24) is 5.32 Å². The summed E-state index contributed by atoms with van der Waals surface area (Å²) in [5.74, 6) is 0.985. The van der Waals surface area contributed by atoms with E-state index < -0.39 is 0 Å². The molecule has 0 saturated carbocycles. The molecule has 21 heavy (non-hydrogen) atoms. The van der Waals surface area contributed by atoms with Gasteiger partial charge in [0.25, 0.3) is 0 Å². The standard InChI is InChI=1S/C18H18N2O/c1-2-6-14(7-3-1)18-17(20-12-10-19-11-13-20)15-8-4-5-9-16(15)21-18/h1-9,19H,10-13H2. The van der Waals surface area contributed by atoms with Crippen LogP contribution in [-0.4, -0.2) is 26.2 Å². The Balaban J connectivity index is 1.92. The molecule has 2 aromatic carbocycles. The number of hydrogen-bond donors (Lipinski definition) is 1. The first-order valence-corrected chi connectivity index (χ1v) is 7.46. The van der Waals surface area contributed by atoms with E-state index in [1.807, 2.05) is 18.2 Å². The Morgan fingerprint density at radius 1 is 0.857 bits per heavy atom. The van der Waals surface area contributed by atoms with Crippen LogP contribution in [0.25, 0.3) is 22.3 Å². The number of hydrogen-bond acceptors (Lipinski definition) is 3. The van der Waals surface area contributed by atoms with Gasteiger partial charge in [0, 0.05) is 37.1 Å². The Hall–Kier alpha value is -2.26. The molecule has 0 aliphatic carbocycles. The van der Waals surface area contributed by atoms with E-state index in [1.54, 1.807) is 0 Å². The number of anilines is 1. The lowest BCUT2D eigenvalue weighted by molar-refractivity contribution is 0.583. The topological polar surface area (TPSA) is 28.4 Å². The van der Waals surface area contributed by atoms with Crippen molar-refractivity contribution >= 4 is 16.7 Å². The number of furan rings is 1. The first kappa shape index (κ1) is 12.5. The maximum atomic E-state index is 6.18. The molecule has 1 N–H and O–H groups in total. The van der Waals surface area contributed by atoms with E-state index >= 15 is 0 Å². The van der Waals surface area contributed by atoms with Crippen LogP contribution in [0.3, 0.4) is 0 Å². The monoisotopic (exact) mass is 278 g/mol. The largest absolute Gasteiger partial charge is 0.454 e. The molecular weight excluding hydrogens is 260 g/mol. The van der Waals surface area contributed by atoms with Crippen LogP contribution in [0.4, 0.5) is 5.69 Å². The van der Waals surface area contributed by atoms with Gasteiger partial charge in [0.05, 0.1) is 5.69 Å². The number of nitrogens with one attached hydrogen (secondary N) is 1. The highest BCUT2D eigenvalue weighted by atomic mass is 16.3. The average molecular weight is 278 g/mol. The van der Waals surface area contributed by atoms with Gasteiger partial charge in [-0.1, -0.05) is 42.5 Å². The zero-order chi connectivity index (χ0) is 14.1. The number of piperazine rings is 1. The molecule has 0 spiro atoms. The predicted octanol–water partition coefficient (Wildman–Crippen LogP) is 3.51. The zero-order valence-electron chi connectivity index (χ0n) is 11.9. The summed E-state index contributed by atoms with van der Waals surface area (Å²) >= 11 is 0. The molecule has 106 valence electrons. The molecule has 1 aliphatic rings. The first-order chi connectivity index (χ1) is 10.4. The third-order valence-electron chi connectivity index (χ3n) is 4.04. The van der Waals surface area contributed by atoms with Gasteiger partial charge in [0.2, 0.25) is 0 Å². The van der Waals surface area contributed by atoms with Gasteiger partial charge in [-0.15, -0.1) is 0 Å². The van der Waals surface area contributed by atoms with E-state index in [1.165, 1.54) is 11.1 Å². The third-order valence-corrected chi connectivity index (χ3v) is 4.04. The number of rotatable bonds is 2. The van der Waals surface area contributed by atoms with E-state index in [4.69, 9.17) is 4.42 Å². The zero-order valence-corrected chi connectivity index (χ0v) is 11.9. The lowest BCUT2D eigenvalue weighted by Gasteiger charge is -2.29. The number of benzene rings is 2. The fourth-order valence-corrected chi connectivity index (χ4v) is 3.02. The van der Waals surface area contributed by atoms with Crippen LogP contribution >= 0.6 is 0 Å². The highest BCUT2D eigenvalue weighted by molar-refractivity contribution is 5.99. The van der Waals surface area contributed by atoms with E-state index in [9.17, 15) is 0 Å². The van der Waals surface area contributed by atoms with Crippen molar-refractivity contribution in [2.45, 2.75) is 0 Å². The minimum Gasteiger partial charge on any atom is -0.454 e. The minimum atomic E-state index is 0.963. The van der Waals surface area contributed by atoms with Crippen molar-refractivity contribution in [3.63, 3.8) is 0 Å². The molecule has 1 aliphatic heterocycles. The Kier molecular flexibility index (Phi) is 3.13. The minimum absolute atomic E-state index is 0.963. The smallest absolute Gasteiger partial charge is 0.158 e. The molecule has 4 rings (SSSR count). The molecule has 0 unspecified atom stereocenters. The van der Waals surface area contributed by atoms with E-state index in [2.05, 4.69) is 46.6 Å². The lowest BCUT2D eigenvalue weighted by Crippen LogP contribution is -2.43. The van der Waals surface area contributed by atoms with Crippen LogP contribution in [0.2, 0.25) is 0 Å². The van der Waals surface area contributed by atoms with Crippen LogP contribution in [0.5, 0.6) is 0 Å². The van der Waals surface area contributed by atoms with Crippen molar-refractivity contribution in [1.29, 1.82) is 0 Å². The summed E-state index contributed by atoms with van der Waals surface area (Å²) in [5.41, 5.74) is 3.34. The molecule has 1 aromatic heterocycles. The molecule has 3 nitrogen and oxygen atoms in total. The average Bonchev–Trinajstić information content (AvgIpc) is 2.96.